The Morgan fingerprint density at radius 2 is 1.65 bits per heavy atom. The Morgan fingerprint density at radius 3 is 2.35 bits per heavy atom. The summed E-state index contributed by atoms with van der Waals surface area (Å²) >= 11 is 0. The number of nitrogens with zero attached hydrogens (tertiary/aromatic N) is 2. The van der Waals surface area contributed by atoms with Gasteiger partial charge in [0.1, 0.15) is 6.61 Å². The van der Waals surface area contributed by atoms with Gasteiger partial charge in [-0.1, -0.05) is 25.5 Å². The molecule has 1 N–H and O–H groups in total. The quantitative estimate of drug-likeness (QED) is 0.518. The number of hydrogen-bond acceptors (Lipinski definition) is 6. The van der Waals surface area contributed by atoms with Crippen molar-refractivity contribution in [2.24, 2.45) is 0 Å². The van der Waals surface area contributed by atoms with Crippen LogP contribution in [0.25, 0.3) is 0 Å². The van der Waals surface area contributed by atoms with E-state index in [1.54, 1.807) is 46.2 Å². The van der Waals surface area contributed by atoms with Gasteiger partial charge >= 0.3 is 12.0 Å². The summed E-state index contributed by atoms with van der Waals surface area (Å²) in [6.45, 7) is 4.23. The van der Waals surface area contributed by atoms with Crippen LogP contribution in [0, 0.1) is 0 Å². The van der Waals surface area contributed by atoms with Crippen molar-refractivity contribution in [3.8, 4) is 11.5 Å². The molecule has 0 aromatic heterocycles. The molecule has 180 valence electrons. The Labute approximate surface area is 198 Å². The molecule has 1 saturated heterocycles. The average Bonchev–Trinajstić information content (AvgIpc) is 2.88. The maximum Gasteiger partial charge on any atom is 0.338 e. The number of anilines is 1. The van der Waals surface area contributed by atoms with Crippen molar-refractivity contribution < 1.29 is 28.6 Å². The van der Waals surface area contributed by atoms with Gasteiger partial charge in [-0.15, -0.1) is 0 Å². The van der Waals surface area contributed by atoms with Gasteiger partial charge in [-0.3, -0.25) is 4.79 Å². The van der Waals surface area contributed by atoms with Crippen molar-refractivity contribution in [3.63, 3.8) is 0 Å². The number of fused-ring (bicyclic) bond motifs is 1. The molecule has 2 heterocycles. The van der Waals surface area contributed by atoms with Crippen molar-refractivity contribution in [2.45, 2.75) is 25.9 Å². The molecule has 9 nitrogen and oxygen atoms in total. The lowest BCUT2D eigenvalue weighted by Crippen LogP contribution is -2.55. The van der Waals surface area contributed by atoms with Crippen LogP contribution in [-0.2, 0) is 9.53 Å². The molecule has 1 unspecified atom stereocenters. The van der Waals surface area contributed by atoms with E-state index in [2.05, 4.69) is 5.32 Å². The van der Waals surface area contributed by atoms with E-state index >= 15 is 0 Å². The zero-order valence-corrected chi connectivity index (χ0v) is 19.2. The van der Waals surface area contributed by atoms with Gasteiger partial charge in [-0.25, -0.2) is 9.59 Å². The normalized spacial score (nSPS) is 17.1. The molecular weight excluding hydrogens is 438 g/mol. The van der Waals surface area contributed by atoms with Gasteiger partial charge in [0.15, 0.2) is 11.5 Å². The number of nitrogens with one attached hydrogen (secondary N) is 1. The minimum atomic E-state index is -0.692. The van der Waals surface area contributed by atoms with Crippen LogP contribution in [0.1, 0.15) is 30.1 Å². The fourth-order valence-electron chi connectivity index (χ4n) is 3.76. The van der Waals surface area contributed by atoms with Crippen molar-refractivity contribution in [2.75, 3.05) is 44.7 Å². The monoisotopic (exact) mass is 467 g/mol. The number of carbonyl (C=O) groups excluding carboxylic acids is 3. The summed E-state index contributed by atoms with van der Waals surface area (Å²) in [6, 6.07) is 13.6. The Hall–Kier alpha value is -3.75. The molecule has 4 rings (SSSR count). The molecule has 0 spiro atoms. The third kappa shape index (κ3) is 5.59. The molecule has 2 aliphatic rings. The second-order valence-corrected chi connectivity index (χ2v) is 8.17. The zero-order chi connectivity index (χ0) is 23.9. The molecule has 0 saturated carbocycles. The minimum Gasteiger partial charge on any atom is -0.485 e. The fraction of sp³-hybridized carbons (Fsp3) is 0.400. The van der Waals surface area contributed by atoms with E-state index < -0.39 is 6.10 Å². The highest BCUT2D eigenvalue weighted by Gasteiger charge is 2.33. The third-order valence-corrected chi connectivity index (χ3v) is 5.77. The standard InChI is InChI=1S/C25H29N3O6/c1-2-3-16-32-24(30)18-8-10-19(11-9-18)26-25(31)28-14-12-27(13-15-28)23(29)22-17-33-20-6-4-5-7-21(20)34-22/h4-11,22H,2-3,12-17H2,1H3,(H,26,31). The maximum atomic E-state index is 12.9. The lowest BCUT2D eigenvalue weighted by molar-refractivity contribution is -0.142. The van der Waals surface area contributed by atoms with Crippen LogP contribution in [0.5, 0.6) is 11.5 Å². The molecule has 0 bridgehead atoms. The molecule has 1 fully saturated rings. The number of ether oxygens (including phenoxy) is 3. The number of urea groups is 1. The average molecular weight is 468 g/mol. The number of hydrogen-bond donors (Lipinski definition) is 1. The summed E-state index contributed by atoms with van der Waals surface area (Å²) in [5.41, 5.74) is 1.03. The molecule has 2 aromatic carbocycles. The minimum absolute atomic E-state index is 0.143. The first-order valence-corrected chi connectivity index (χ1v) is 11.6. The van der Waals surface area contributed by atoms with Crippen molar-refractivity contribution in [1.29, 1.82) is 0 Å². The summed E-state index contributed by atoms with van der Waals surface area (Å²) in [5, 5.41) is 2.84. The van der Waals surface area contributed by atoms with E-state index in [4.69, 9.17) is 14.2 Å². The lowest BCUT2D eigenvalue weighted by Gasteiger charge is -2.37. The fourth-order valence-corrected chi connectivity index (χ4v) is 3.76. The number of unbranched alkanes of at least 4 members (excludes halogenated alkanes) is 1. The van der Waals surface area contributed by atoms with E-state index in [0.717, 1.165) is 12.8 Å². The summed E-state index contributed by atoms with van der Waals surface area (Å²) in [6.07, 6.45) is 1.09. The topological polar surface area (TPSA) is 97.4 Å². The van der Waals surface area contributed by atoms with Crippen LogP contribution in [0.2, 0.25) is 0 Å². The van der Waals surface area contributed by atoms with E-state index in [9.17, 15) is 14.4 Å². The zero-order valence-electron chi connectivity index (χ0n) is 19.2. The molecule has 2 aromatic rings. The molecule has 34 heavy (non-hydrogen) atoms. The highest BCUT2D eigenvalue weighted by molar-refractivity contribution is 5.92. The second kappa shape index (κ2) is 10.9. The molecule has 3 amide bonds. The van der Waals surface area contributed by atoms with Crippen LogP contribution in [0.3, 0.4) is 0 Å². The van der Waals surface area contributed by atoms with Crippen LogP contribution < -0.4 is 14.8 Å². The van der Waals surface area contributed by atoms with E-state index in [0.29, 0.717) is 55.5 Å². The highest BCUT2D eigenvalue weighted by atomic mass is 16.6. The molecule has 0 radical (unpaired) electrons. The van der Waals surface area contributed by atoms with Gasteiger partial charge in [0, 0.05) is 31.9 Å². The number of rotatable bonds is 6. The Kier molecular flexibility index (Phi) is 7.51. The first-order valence-electron chi connectivity index (χ1n) is 11.6. The Balaban J connectivity index is 1.24. The van der Waals surface area contributed by atoms with Crippen LogP contribution in [0.15, 0.2) is 48.5 Å². The number of carbonyl (C=O) groups is 3. The number of benzene rings is 2. The SMILES string of the molecule is CCCCOC(=O)c1ccc(NC(=O)N2CCN(C(=O)C3COc4ccccc4O3)CC2)cc1. The lowest BCUT2D eigenvalue weighted by atomic mass is 10.2. The first-order chi connectivity index (χ1) is 16.5. The van der Waals surface area contributed by atoms with Gasteiger partial charge in [0.05, 0.1) is 12.2 Å². The van der Waals surface area contributed by atoms with E-state index in [1.807, 2.05) is 19.1 Å². The molecular formula is C25H29N3O6. The van der Waals surface area contributed by atoms with Crippen molar-refractivity contribution >= 4 is 23.6 Å². The second-order valence-electron chi connectivity index (χ2n) is 8.17. The first kappa shape index (κ1) is 23.4. The molecule has 2 aliphatic heterocycles. The van der Waals surface area contributed by atoms with Gasteiger partial charge < -0.3 is 29.3 Å². The summed E-state index contributed by atoms with van der Waals surface area (Å²) in [7, 11) is 0. The Bertz CT molecular complexity index is 1020. The summed E-state index contributed by atoms with van der Waals surface area (Å²) < 4.78 is 16.6. The van der Waals surface area contributed by atoms with E-state index in [1.165, 1.54) is 0 Å². The molecule has 1 atom stereocenters. The van der Waals surface area contributed by atoms with Gasteiger partial charge in [0.2, 0.25) is 6.10 Å². The predicted octanol–water partition coefficient (Wildman–Crippen LogP) is 3.16. The van der Waals surface area contributed by atoms with Crippen LogP contribution in [-0.4, -0.2) is 73.2 Å². The maximum absolute atomic E-state index is 12.9. The number of esters is 1. The Morgan fingerprint density at radius 1 is 0.971 bits per heavy atom. The summed E-state index contributed by atoms with van der Waals surface area (Å²) in [5.74, 6) is 0.679. The largest absolute Gasteiger partial charge is 0.485 e. The van der Waals surface area contributed by atoms with E-state index in [-0.39, 0.29) is 24.5 Å². The molecule has 9 heteroatoms. The smallest absolute Gasteiger partial charge is 0.338 e. The predicted molar refractivity (Wildman–Crippen MR) is 125 cm³/mol. The van der Waals surface area contributed by atoms with Crippen LogP contribution in [0.4, 0.5) is 10.5 Å². The molecule has 0 aliphatic carbocycles. The highest BCUT2D eigenvalue weighted by Crippen LogP contribution is 2.31. The van der Waals surface area contributed by atoms with Gasteiger partial charge in [0.25, 0.3) is 5.91 Å². The van der Waals surface area contributed by atoms with Crippen molar-refractivity contribution in [3.05, 3.63) is 54.1 Å². The van der Waals surface area contributed by atoms with Gasteiger partial charge in [-0.05, 0) is 42.8 Å². The van der Waals surface area contributed by atoms with Crippen molar-refractivity contribution in [1.82, 2.24) is 9.80 Å². The number of para-hydroxylation sites is 2. The number of piperazine rings is 1. The summed E-state index contributed by atoms with van der Waals surface area (Å²) in [4.78, 5) is 40.9. The van der Waals surface area contributed by atoms with Crippen LogP contribution >= 0.6 is 0 Å². The third-order valence-electron chi connectivity index (χ3n) is 5.77. The van der Waals surface area contributed by atoms with Gasteiger partial charge in [-0.2, -0.15) is 0 Å². The number of amides is 3.